The Kier molecular flexibility index (Phi) is 5.07. The van der Waals surface area contributed by atoms with Crippen LogP contribution in [0.3, 0.4) is 0 Å². The van der Waals surface area contributed by atoms with Crippen molar-refractivity contribution in [2.75, 3.05) is 38.1 Å². The summed E-state index contributed by atoms with van der Waals surface area (Å²) in [5.74, 6) is 0. The van der Waals surface area contributed by atoms with Gasteiger partial charge in [-0.25, -0.2) is 0 Å². The Morgan fingerprint density at radius 2 is 2.53 bits per heavy atom. The van der Waals surface area contributed by atoms with Crippen molar-refractivity contribution in [1.29, 1.82) is 0 Å². The van der Waals surface area contributed by atoms with Gasteiger partial charge in [-0.1, -0.05) is 19.1 Å². The van der Waals surface area contributed by atoms with E-state index >= 15 is 0 Å². The number of hydrogen-bond acceptors (Lipinski definition) is 5. The molecule has 5 nitrogen and oxygen atoms in total. The molecule has 0 amide bonds. The number of nitrogens with two attached hydrogens (primary N) is 1. The largest absolute Gasteiger partial charge is 0.389 e. The molecule has 3 N–H and O–H groups in total. The molecule has 0 spiro atoms. The monoisotopic (exact) mass is 280 g/mol. The minimum atomic E-state index is 0.188. The van der Waals surface area contributed by atoms with E-state index in [1.54, 1.807) is 12.4 Å². The number of hydrogen-bond donors (Lipinski definition) is 2. The van der Waals surface area contributed by atoms with Gasteiger partial charge in [0.15, 0.2) is 0 Å². The van der Waals surface area contributed by atoms with E-state index in [4.69, 9.17) is 22.7 Å². The molecular formula is C13H20N4OS. The number of rotatable bonds is 5. The molecule has 1 saturated heterocycles. The predicted molar refractivity (Wildman–Crippen MR) is 80.5 cm³/mol. The standard InChI is InChI=1S/C13H20N4OS/c1-2-17-5-6-18-10(9-17)7-16-12-8-15-4-3-11(12)13(14)19/h3-4,8,10,16H,2,5-7,9H2,1H3,(H2,14,19). The molecule has 1 aromatic rings. The second-order valence-corrected chi connectivity index (χ2v) is 4.99. The van der Waals surface area contributed by atoms with Crippen LogP contribution in [-0.4, -0.2) is 53.8 Å². The van der Waals surface area contributed by atoms with Gasteiger partial charge in [0.25, 0.3) is 0 Å². The molecule has 0 aliphatic carbocycles. The molecule has 1 fully saturated rings. The minimum absolute atomic E-state index is 0.188. The van der Waals surface area contributed by atoms with Gasteiger partial charge in [-0.15, -0.1) is 0 Å². The fourth-order valence-electron chi connectivity index (χ4n) is 2.17. The van der Waals surface area contributed by atoms with E-state index < -0.39 is 0 Å². The summed E-state index contributed by atoms with van der Waals surface area (Å²) in [5, 5.41) is 3.33. The molecule has 19 heavy (non-hydrogen) atoms. The molecule has 6 heteroatoms. The van der Waals surface area contributed by atoms with Crippen LogP contribution in [0.5, 0.6) is 0 Å². The zero-order valence-electron chi connectivity index (χ0n) is 11.1. The van der Waals surface area contributed by atoms with Gasteiger partial charge in [-0.2, -0.15) is 0 Å². The molecule has 1 aromatic heterocycles. The average Bonchev–Trinajstić information content (AvgIpc) is 2.45. The normalized spacial score (nSPS) is 20.2. The third-order valence-electron chi connectivity index (χ3n) is 3.28. The number of anilines is 1. The van der Waals surface area contributed by atoms with Crippen molar-refractivity contribution in [3.05, 3.63) is 24.0 Å². The Labute approximate surface area is 119 Å². The Bertz CT molecular complexity index is 440. The van der Waals surface area contributed by atoms with Crippen LogP contribution < -0.4 is 11.1 Å². The first-order valence-corrected chi connectivity index (χ1v) is 6.93. The van der Waals surface area contributed by atoms with Gasteiger partial charge < -0.3 is 15.8 Å². The number of likely N-dealkylation sites (N-methyl/N-ethyl adjacent to an activating group) is 1. The van der Waals surface area contributed by atoms with Crippen LogP contribution >= 0.6 is 12.2 Å². The van der Waals surface area contributed by atoms with Gasteiger partial charge in [-0.05, 0) is 12.6 Å². The fourth-order valence-corrected chi connectivity index (χ4v) is 2.34. The smallest absolute Gasteiger partial charge is 0.106 e. The summed E-state index contributed by atoms with van der Waals surface area (Å²) < 4.78 is 5.74. The number of nitrogens with one attached hydrogen (secondary N) is 1. The van der Waals surface area contributed by atoms with Crippen molar-refractivity contribution < 1.29 is 4.74 Å². The number of pyridine rings is 1. The van der Waals surface area contributed by atoms with Gasteiger partial charge in [-0.3, -0.25) is 9.88 Å². The number of ether oxygens (including phenoxy) is 1. The molecule has 1 aliphatic rings. The first kappa shape index (κ1) is 14.2. The molecule has 1 unspecified atom stereocenters. The number of nitrogens with zero attached hydrogens (tertiary/aromatic N) is 2. The van der Waals surface area contributed by atoms with Crippen LogP contribution in [0.25, 0.3) is 0 Å². The Morgan fingerprint density at radius 3 is 3.26 bits per heavy atom. The predicted octanol–water partition coefficient (Wildman–Crippen LogP) is 0.848. The maximum absolute atomic E-state index is 5.74. The van der Waals surface area contributed by atoms with E-state index in [9.17, 15) is 0 Å². The summed E-state index contributed by atoms with van der Waals surface area (Å²) >= 11 is 5.03. The van der Waals surface area contributed by atoms with E-state index in [0.717, 1.165) is 44.0 Å². The lowest BCUT2D eigenvalue weighted by atomic mass is 10.2. The Morgan fingerprint density at radius 1 is 1.68 bits per heavy atom. The van der Waals surface area contributed by atoms with Gasteiger partial charge in [0.05, 0.1) is 24.6 Å². The zero-order valence-corrected chi connectivity index (χ0v) is 11.9. The summed E-state index contributed by atoms with van der Waals surface area (Å²) in [7, 11) is 0. The van der Waals surface area contributed by atoms with Crippen LogP contribution in [0, 0.1) is 0 Å². The number of morpholine rings is 1. The van der Waals surface area contributed by atoms with E-state index in [1.807, 2.05) is 6.07 Å². The summed E-state index contributed by atoms with van der Waals surface area (Å²) in [4.78, 5) is 6.86. The molecule has 2 rings (SSSR count). The van der Waals surface area contributed by atoms with Crippen molar-refractivity contribution in [2.45, 2.75) is 13.0 Å². The highest BCUT2D eigenvalue weighted by Crippen LogP contribution is 2.14. The SMILES string of the molecule is CCN1CCOC(CNc2cnccc2C(N)=S)C1. The minimum Gasteiger partial charge on any atom is -0.389 e. The molecule has 0 radical (unpaired) electrons. The topological polar surface area (TPSA) is 63.4 Å². The fraction of sp³-hybridized carbons (Fsp3) is 0.538. The second kappa shape index (κ2) is 6.79. The van der Waals surface area contributed by atoms with Crippen LogP contribution in [0.2, 0.25) is 0 Å². The molecule has 0 aromatic carbocycles. The molecular weight excluding hydrogens is 260 g/mol. The van der Waals surface area contributed by atoms with Crippen LogP contribution in [0.1, 0.15) is 12.5 Å². The quantitative estimate of drug-likeness (QED) is 0.780. The van der Waals surface area contributed by atoms with Gasteiger partial charge in [0, 0.05) is 31.4 Å². The first-order chi connectivity index (χ1) is 9.20. The van der Waals surface area contributed by atoms with Crippen molar-refractivity contribution in [3.63, 3.8) is 0 Å². The van der Waals surface area contributed by atoms with Gasteiger partial charge in [0.2, 0.25) is 0 Å². The number of thiocarbonyl (C=S) groups is 1. The summed E-state index contributed by atoms with van der Waals surface area (Å²) in [6, 6.07) is 1.82. The summed E-state index contributed by atoms with van der Waals surface area (Å²) in [5.41, 5.74) is 7.39. The van der Waals surface area contributed by atoms with Crippen LogP contribution in [-0.2, 0) is 4.74 Å². The summed E-state index contributed by atoms with van der Waals surface area (Å²) in [6.07, 6.45) is 3.62. The van der Waals surface area contributed by atoms with Crippen LogP contribution in [0.4, 0.5) is 5.69 Å². The van der Waals surface area contributed by atoms with Crippen LogP contribution in [0.15, 0.2) is 18.5 Å². The van der Waals surface area contributed by atoms with Crippen molar-refractivity contribution in [2.24, 2.45) is 5.73 Å². The average molecular weight is 280 g/mol. The Hall–Kier alpha value is -1.24. The van der Waals surface area contributed by atoms with E-state index in [-0.39, 0.29) is 6.10 Å². The first-order valence-electron chi connectivity index (χ1n) is 6.52. The van der Waals surface area contributed by atoms with Gasteiger partial charge >= 0.3 is 0 Å². The lowest BCUT2D eigenvalue weighted by Crippen LogP contribution is -2.45. The molecule has 0 saturated carbocycles. The van der Waals surface area contributed by atoms with E-state index in [2.05, 4.69) is 22.1 Å². The molecule has 104 valence electrons. The second-order valence-electron chi connectivity index (χ2n) is 4.55. The highest BCUT2D eigenvalue weighted by atomic mass is 32.1. The lowest BCUT2D eigenvalue weighted by molar-refractivity contribution is -0.0191. The van der Waals surface area contributed by atoms with Gasteiger partial charge in [0.1, 0.15) is 4.99 Å². The summed E-state index contributed by atoms with van der Waals surface area (Å²) in [6.45, 7) is 6.71. The van der Waals surface area contributed by atoms with E-state index in [1.165, 1.54) is 0 Å². The van der Waals surface area contributed by atoms with E-state index in [0.29, 0.717) is 4.99 Å². The molecule has 1 atom stereocenters. The molecule has 0 bridgehead atoms. The van der Waals surface area contributed by atoms with Crippen molar-refractivity contribution in [3.8, 4) is 0 Å². The molecule has 1 aliphatic heterocycles. The lowest BCUT2D eigenvalue weighted by Gasteiger charge is -2.32. The van der Waals surface area contributed by atoms with Crippen molar-refractivity contribution >= 4 is 22.9 Å². The third kappa shape index (κ3) is 3.86. The van der Waals surface area contributed by atoms with Crippen molar-refractivity contribution in [1.82, 2.24) is 9.88 Å². The zero-order chi connectivity index (χ0) is 13.7. The highest BCUT2D eigenvalue weighted by molar-refractivity contribution is 7.80. The number of aromatic nitrogens is 1. The third-order valence-corrected chi connectivity index (χ3v) is 3.50. The molecule has 2 heterocycles. The maximum atomic E-state index is 5.74. The Balaban J connectivity index is 1.93. The highest BCUT2D eigenvalue weighted by Gasteiger charge is 2.19. The maximum Gasteiger partial charge on any atom is 0.106 e.